The van der Waals surface area contributed by atoms with Crippen molar-refractivity contribution in [3.63, 3.8) is 0 Å². The third-order valence-corrected chi connectivity index (χ3v) is 3.78. The van der Waals surface area contributed by atoms with Gasteiger partial charge in [-0.1, -0.05) is 0 Å². The number of carbonyl (C=O) groups is 1. The van der Waals surface area contributed by atoms with Crippen LogP contribution in [0.5, 0.6) is 0 Å². The minimum absolute atomic E-state index is 0.0937. The van der Waals surface area contributed by atoms with E-state index >= 15 is 0 Å². The Labute approximate surface area is 133 Å². The number of hydrogen-bond acceptors (Lipinski definition) is 4. The normalized spacial score (nSPS) is 22.6. The highest BCUT2D eigenvalue weighted by atomic mass is 16.6. The van der Waals surface area contributed by atoms with Gasteiger partial charge >= 0.3 is 6.09 Å². The Kier molecular flexibility index (Phi) is 4.54. The van der Waals surface area contributed by atoms with Crippen molar-refractivity contribution in [3.05, 3.63) is 24.3 Å². The lowest BCUT2D eigenvalue weighted by Crippen LogP contribution is -2.59. The van der Waals surface area contributed by atoms with Crippen LogP contribution in [0.1, 0.15) is 34.6 Å². The second-order valence-corrected chi connectivity index (χ2v) is 7.08. The topological polar surface area (TPSA) is 58.8 Å². The maximum Gasteiger partial charge on any atom is 0.410 e. The van der Waals surface area contributed by atoms with Crippen LogP contribution >= 0.6 is 0 Å². The molecule has 2 rings (SSSR count). The molecule has 0 unspecified atom stereocenters. The maximum atomic E-state index is 12.4. The fourth-order valence-corrected chi connectivity index (χ4v) is 2.89. The van der Waals surface area contributed by atoms with Gasteiger partial charge in [-0.15, -0.1) is 0 Å². The van der Waals surface area contributed by atoms with Gasteiger partial charge in [-0.3, -0.25) is 4.90 Å². The molecule has 1 amide bonds. The summed E-state index contributed by atoms with van der Waals surface area (Å²) in [5.41, 5.74) is 7.17. The van der Waals surface area contributed by atoms with Gasteiger partial charge in [0.05, 0.1) is 12.1 Å². The van der Waals surface area contributed by atoms with Gasteiger partial charge in [0, 0.05) is 24.5 Å². The first-order valence-corrected chi connectivity index (χ1v) is 7.79. The zero-order valence-electron chi connectivity index (χ0n) is 14.2. The van der Waals surface area contributed by atoms with Crippen LogP contribution in [0.3, 0.4) is 0 Å². The van der Waals surface area contributed by atoms with Crippen molar-refractivity contribution in [3.8, 4) is 0 Å². The molecule has 0 spiro atoms. The standard InChI is InChI=1S/C17H27N3O2/c1-12-10-19(15-8-6-14(18)7-9-15)11-13(2)20(12)16(21)22-17(3,4)5/h6-9,12-13H,10-11,18H2,1-5H3/t12-,13+. The second-order valence-electron chi connectivity index (χ2n) is 7.08. The molecule has 0 radical (unpaired) electrons. The van der Waals surface area contributed by atoms with E-state index in [0.29, 0.717) is 0 Å². The Bertz CT molecular complexity index is 510. The smallest absolute Gasteiger partial charge is 0.410 e. The average Bonchev–Trinajstić information content (AvgIpc) is 2.36. The van der Waals surface area contributed by atoms with Gasteiger partial charge in [-0.2, -0.15) is 0 Å². The van der Waals surface area contributed by atoms with Gasteiger partial charge in [-0.05, 0) is 58.9 Å². The lowest BCUT2D eigenvalue weighted by atomic mass is 10.1. The van der Waals surface area contributed by atoms with E-state index in [1.165, 1.54) is 0 Å². The molecule has 0 bridgehead atoms. The van der Waals surface area contributed by atoms with Crippen molar-refractivity contribution < 1.29 is 9.53 Å². The fraction of sp³-hybridized carbons (Fsp3) is 0.588. The van der Waals surface area contributed by atoms with Crippen molar-refractivity contribution in [1.82, 2.24) is 4.90 Å². The van der Waals surface area contributed by atoms with Crippen LogP contribution in [-0.2, 0) is 4.74 Å². The average molecular weight is 305 g/mol. The molecule has 0 aliphatic carbocycles. The number of benzene rings is 1. The highest BCUT2D eigenvalue weighted by molar-refractivity contribution is 5.69. The molecule has 1 aliphatic heterocycles. The van der Waals surface area contributed by atoms with Crippen LogP contribution in [0, 0.1) is 0 Å². The number of rotatable bonds is 1. The van der Waals surface area contributed by atoms with Crippen molar-refractivity contribution in [2.75, 3.05) is 23.7 Å². The molecule has 122 valence electrons. The lowest BCUT2D eigenvalue weighted by molar-refractivity contribution is 0.00566. The van der Waals surface area contributed by atoms with Crippen molar-refractivity contribution in [1.29, 1.82) is 0 Å². The molecule has 1 aromatic rings. The summed E-state index contributed by atoms with van der Waals surface area (Å²) >= 11 is 0. The zero-order valence-corrected chi connectivity index (χ0v) is 14.2. The Hall–Kier alpha value is -1.91. The van der Waals surface area contributed by atoms with Crippen LogP contribution in [0.2, 0.25) is 0 Å². The first-order chi connectivity index (χ1) is 10.2. The molecule has 5 heteroatoms. The highest BCUT2D eigenvalue weighted by Crippen LogP contribution is 2.25. The number of piperazine rings is 1. The van der Waals surface area contributed by atoms with E-state index in [1.807, 2.05) is 49.9 Å². The molecule has 1 aromatic carbocycles. The molecule has 1 saturated heterocycles. The van der Waals surface area contributed by atoms with Gasteiger partial charge in [0.15, 0.2) is 0 Å². The Morgan fingerprint density at radius 3 is 2.09 bits per heavy atom. The molecule has 5 nitrogen and oxygen atoms in total. The minimum Gasteiger partial charge on any atom is -0.444 e. The van der Waals surface area contributed by atoms with Crippen molar-refractivity contribution in [2.45, 2.75) is 52.3 Å². The van der Waals surface area contributed by atoms with E-state index in [4.69, 9.17) is 10.5 Å². The van der Waals surface area contributed by atoms with Crippen LogP contribution < -0.4 is 10.6 Å². The molecule has 0 aromatic heterocycles. The van der Waals surface area contributed by atoms with Crippen LogP contribution in [0.15, 0.2) is 24.3 Å². The zero-order chi connectivity index (χ0) is 16.5. The molecule has 1 fully saturated rings. The number of carbonyl (C=O) groups excluding carboxylic acids is 1. The summed E-state index contributed by atoms with van der Waals surface area (Å²) < 4.78 is 5.53. The van der Waals surface area contributed by atoms with E-state index in [0.717, 1.165) is 24.5 Å². The highest BCUT2D eigenvalue weighted by Gasteiger charge is 2.35. The number of ether oxygens (including phenoxy) is 1. The summed E-state index contributed by atoms with van der Waals surface area (Å²) in [6.45, 7) is 11.4. The van der Waals surface area contributed by atoms with Gasteiger partial charge < -0.3 is 15.4 Å². The van der Waals surface area contributed by atoms with E-state index in [9.17, 15) is 4.79 Å². The molecule has 1 heterocycles. The Morgan fingerprint density at radius 1 is 1.14 bits per heavy atom. The van der Waals surface area contributed by atoms with Crippen LogP contribution in [0.4, 0.5) is 16.2 Å². The number of hydrogen-bond donors (Lipinski definition) is 1. The monoisotopic (exact) mass is 305 g/mol. The third-order valence-electron chi connectivity index (χ3n) is 3.78. The van der Waals surface area contributed by atoms with E-state index in [-0.39, 0.29) is 18.2 Å². The SMILES string of the molecule is C[C@@H]1CN(c2ccc(N)cc2)C[C@H](C)N1C(=O)OC(C)(C)C. The quantitative estimate of drug-likeness (QED) is 0.810. The van der Waals surface area contributed by atoms with Crippen molar-refractivity contribution in [2.24, 2.45) is 0 Å². The number of nitrogens with zero attached hydrogens (tertiary/aromatic N) is 2. The van der Waals surface area contributed by atoms with Gasteiger partial charge in [0.2, 0.25) is 0 Å². The van der Waals surface area contributed by atoms with E-state index in [2.05, 4.69) is 18.7 Å². The fourth-order valence-electron chi connectivity index (χ4n) is 2.89. The molecule has 2 N–H and O–H groups in total. The van der Waals surface area contributed by atoms with Gasteiger partial charge in [0.25, 0.3) is 0 Å². The summed E-state index contributed by atoms with van der Waals surface area (Å²) in [7, 11) is 0. The molecule has 1 aliphatic rings. The van der Waals surface area contributed by atoms with E-state index in [1.54, 1.807) is 0 Å². The molecule has 22 heavy (non-hydrogen) atoms. The van der Waals surface area contributed by atoms with Gasteiger partial charge in [0.1, 0.15) is 5.60 Å². The molecule has 0 saturated carbocycles. The minimum atomic E-state index is -0.468. The van der Waals surface area contributed by atoms with Gasteiger partial charge in [-0.25, -0.2) is 4.79 Å². The molecule has 2 atom stereocenters. The predicted octanol–water partition coefficient (Wildman–Crippen LogP) is 3.10. The Morgan fingerprint density at radius 2 is 1.64 bits per heavy atom. The predicted molar refractivity (Wildman–Crippen MR) is 90.1 cm³/mol. The number of nitrogen functional groups attached to an aromatic ring is 1. The third kappa shape index (κ3) is 3.84. The number of anilines is 2. The second kappa shape index (κ2) is 6.07. The summed E-state index contributed by atoms with van der Waals surface area (Å²) in [6.07, 6.45) is -0.232. The Balaban J connectivity index is 2.08. The summed E-state index contributed by atoms with van der Waals surface area (Å²) in [6, 6.07) is 8.05. The first-order valence-electron chi connectivity index (χ1n) is 7.79. The summed E-state index contributed by atoms with van der Waals surface area (Å²) in [5, 5.41) is 0. The molecular formula is C17H27N3O2. The van der Waals surface area contributed by atoms with Crippen molar-refractivity contribution >= 4 is 17.5 Å². The van der Waals surface area contributed by atoms with E-state index < -0.39 is 5.60 Å². The molecular weight excluding hydrogens is 278 g/mol. The largest absolute Gasteiger partial charge is 0.444 e. The number of amides is 1. The summed E-state index contributed by atoms with van der Waals surface area (Å²) in [5.74, 6) is 0. The lowest BCUT2D eigenvalue weighted by Gasteiger charge is -2.45. The van der Waals surface area contributed by atoms with Crippen LogP contribution in [0.25, 0.3) is 0 Å². The first kappa shape index (κ1) is 16.5. The summed E-state index contributed by atoms with van der Waals surface area (Å²) in [4.78, 5) is 16.5. The van der Waals surface area contributed by atoms with Crippen LogP contribution in [-0.4, -0.2) is 41.8 Å². The number of nitrogens with two attached hydrogens (primary N) is 1. The maximum absolute atomic E-state index is 12.4.